The molecule has 7 nitrogen and oxygen atoms in total. The lowest BCUT2D eigenvalue weighted by molar-refractivity contribution is -0.134. The van der Waals surface area contributed by atoms with Crippen LogP contribution in [-0.2, 0) is 11.4 Å². The number of rotatable bonds is 8. The lowest BCUT2D eigenvalue weighted by Gasteiger charge is -2.39. The van der Waals surface area contributed by atoms with Crippen LogP contribution >= 0.6 is 11.8 Å². The number of carbonyl (C=O) groups excluding carboxylic acids is 1. The van der Waals surface area contributed by atoms with E-state index in [-0.39, 0.29) is 24.6 Å². The van der Waals surface area contributed by atoms with Gasteiger partial charge in [-0.25, -0.2) is 0 Å². The molecule has 1 aliphatic rings. The molecule has 0 radical (unpaired) electrons. The number of aromatic nitrogens is 3. The second kappa shape index (κ2) is 10.7. The van der Waals surface area contributed by atoms with E-state index < -0.39 is 0 Å². The maximum Gasteiger partial charge on any atom is 0.233 e. The van der Waals surface area contributed by atoms with Gasteiger partial charge in [-0.1, -0.05) is 30.0 Å². The quantitative estimate of drug-likeness (QED) is 0.447. The third-order valence-corrected chi connectivity index (χ3v) is 6.86. The lowest BCUT2D eigenvalue weighted by atomic mass is 9.98. The fourth-order valence-electron chi connectivity index (χ4n) is 4.26. The van der Waals surface area contributed by atoms with Gasteiger partial charge in [0.15, 0.2) is 11.0 Å². The van der Waals surface area contributed by atoms with E-state index in [1.807, 2.05) is 64.1 Å². The van der Waals surface area contributed by atoms with Gasteiger partial charge < -0.3 is 14.4 Å². The molecule has 1 aliphatic heterocycles. The van der Waals surface area contributed by atoms with Crippen molar-refractivity contribution in [3.8, 4) is 17.2 Å². The molecule has 1 amide bonds. The van der Waals surface area contributed by atoms with Crippen molar-refractivity contribution in [3.63, 3.8) is 0 Å². The minimum absolute atomic E-state index is 0.151. The average Bonchev–Trinajstić information content (AvgIpc) is 3.25. The van der Waals surface area contributed by atoms with Crippen LogP contribution in [0, 0.1) is 0 Å². The normalized spacial score (nSPS) is 18.2. The van der Waals surface area contributed by atoms with Crippen LogP contribution in [-0.4, -0.2) is 50.5 Å². The highest BCUT2D eigenvalue weighted by Crippen LogP contribution is 2.27. The SMILES string of the molecule is COc1ccc(OCc2nnc(SCC(=O)N3C(C)CCCC3C)n2-c2ccccc2)cc1. The van der Waals surface area contributed by atoms with E-state index in [4.69, 9.17) is 9.47 Å². The minimum Gasteiger partial charge on any atom is -0.497 e. The van der Waals surface area contributed by atoms with E-state index in [1.165, 1.54) is 18.2 Å². The topological polar surface area (TPSA) is 69.5 Å². The van der Waals surface area contributed by atoms with Crippen LogP contribution in [0.1, 0.15) is 38.9 Å². The summed E-state index contributed by atoms with van der Waals surface area (Å²) in [7, 11) is 1.63. The minimum atomic E-state index is 0.151. The maximum atomic E-state index is 13.0. The Balaban J connectivity index is 1.50. The number of hydrogen-bond donors (Lipinski definition) is 0. The summed E-state index contributed by atoms with van der Waals surface area (Å²) >= 11 is 1.42. The van der Waals surface area contributed by atoms with Gasteiger partial charge in [-0.3, -0.25) is 9.36 Å². The molecule has 2 aromatic carbocycles. The summed E-state index contributed by atoms with van der Waals surface area (Å²) < 4.78 is 13.1. The summed E-state index contributed by atoms with van der Waals surface area (Å²) in [6, 6.07) is 17.9. The van der Waals surface area contributed by atoms with Crippen molar-refractivity contribution in [2.45, 2.75) is 57.0 Å². The number of hydrogen-bond acceptors (Lipinski definition) is 6. The molecule has 0 N–H and O–H groups in total. The number of thioether (sulfide) groups is 1. The molecule has 0 bridgehead atoms. The first-order valence-electron chi connectivity index (χ1n) is 11.3. The van der Waals surface area contributed by atoms with E-state index in [2.05, 4.69) is 24.0 Å². The van der Waals surface area contributed by atoms with Gasteiger partial charge in [0.25, 0.3) is 0 Å². The van der Waals surface area contributed by atoms with Crippen molar-refractivity contribution in [1.29, 1.82) is 0 Å². The molecule has 33 heavy (non-hydrogen) atoms. The summed E-state index contributed by atoms with van der Waals surface area (Å²) in [6.45, 7) is 4.53. The molecule has 0 spiro atoms. The van der Waals surface area contributed by atoms with Crippen LogP contribution in [0.3, 0.4) is 0 Å². The van der Waals surface area contributed by atoms with E-state index in [9.17, 15) is 4.79 Å². The number of ether oxygens (including phenoxy) is 2. The third kappa shape index (κ3) is 5.50. The standard InChI is InChI=1S/C25H30N4O3S/c1-18-8-7-9-19(2)28(18)24(30)17-33-25-27-26-23(29(25)20-10-5-4-6-11-20)16-32-22-14-12-21(31-3)13-15-22/h4-6,10-15,18-19H,7-9,16-17H2,1-3H3. The zero-order valence-electron chi connectivity index (χ0n) is 19.3. The van der Waals surface area contributed by atoms with Crippen molar-refractivity contribution >= 4 is 17.7 Å². The molecule has 174 valence electrons. The number of nitrogens with zero attached hydrogens (tertiary/aromatic N) is 4. The highest BCUT2D eigenvalue weighted by Gasteiger charge is 2.29. The molecule has 1 fully saturated rings. The van der Waals surface area contributed by atoms with Crippen molar-refractivity contribution in [3.05, 3.63) is 60.4 Å². The molecule has 4 rings (SSSR count). The summed E-state index contributed by atoms with van der Waals surface area (Å²) in [5, 5.41) is 9.45. The van der Waals surface area contributed by atoms with Gasteiger partial charge >= 0.3 is 0 Å². The summed E-state index contributed by atoms with van der Waals surface area (Å²) in [6.07, 6.45) is 3.31. The van der Waals surface area contributed by atoms with Gasteiger partial charge in [-0.2, -0.15) is 0 Å². The zero-order valence-corrected chi connectivity index (χ0v) is 20.1. The third-order valence-electron chi connectivity index (χ3n) is 5.95. The fourth-order valence-corrected chi connectivity index (χ4v) is 5.10. The van der Waals surface area contributed by atoms with Crippen LogP contribution in [0.25, 0.3) is 5.69 Å². The maximum absolute atomic E-state index is 13.0. The van der Waals surface area contributed by atoms with E-state index in [0.29, 0.717) is 16.7 Å². The summed E-state index contributed by atoms with van der Waals surface area (Å²) in [5.41, 5.74) is 0.936. The predicted octanol–water partition coefficient (Wildman–Crippen LogP) is 4.74. The van der Waals surface area contributed by atoms with Gasteiger partial charge in [-0.15, -0.1) is 10.2 Å². The van der Waals surface area contributed by atoms with E-state index in [1.54, 1.807) is 7.11 Å². The largest absolute Gasteiger partial charge is 0.497 e. The number of piperidine rings is 1. The first kappa shape index (κ1) is 23.2. The van der Waals surface area contributed by atoms with Crippen molar-refractivity contribution in [2.24, 2.45) is 0 Å². The lowest BCUT2D eigenvalue weighted by Crippen LogP contribution is -2.48. The van der Waals surface area contributed by atoms with Crippen LogP contribution in [0.5, 0.6) is 11.5 Å². The van der Waals surface area contributed by atoms with Gasteiger partial charge in [0.2, 0.25) is 5.91 Å². The summed E-state index contributed by atoms with van der Waals surface area (Å²) in [5.74, 6) is 2.65. The molecular weight excluding hydrogens is 436 g/mol. The molecule has 1 aromatic heterocycles. The Morgan fingerprint density at radius 1 is 1.00 bits per heavy atom. The molecule has 0 aliphatic carbocycles. The van der Waals surface area contributed by atoms with Crippen LogP contribution in [0.4, 0.5) is 0 Å². The Bertz CT molecular complexity index is 1050. The smallest absolute Gasteiger partial charge is 0.233 e. The highest BCUT2D eigenvalue weighted by atomic mass is 32.2. The summed E-state index contributed by atoms with van der Waals surface area (Å²) in [4.78, 5) is 15.1. The van der Waals surface area contributed by atoms with Crippen molar-refractivity contribution in [2.75, 3.05) is 12.9 Å². The molecule has 0 saturated carbocycles. The molecule has 1 saturated heterocycles. The van der Waals surface area contributed by atoms with Gasteiger partial charge in [0.1, 0.15) is 18.1 Å². The van der Waals surface area contributed by atoms with E-state index >= 15 is 0 Å². The molecule has 2 unspecified atom stereocenters. The Labute approximate surface area is 199 Å². The average molecular weight is 467 g/mol. The van der Waals surface area contributed by atoms with Crippen molar-refractivity contribution < 1.29 is 14.3 Å². The molecule has 8 heteroatoms. The molecule has 3 aromatic rings. The number of methoxy groups -OCH3 is 1. The number of para-hydroxylation sites is 1. The second-order valence-corrected chi connectivity index (χ2v) is 9.20. The Morgan fingerprint density at radius 2 is 1.67 bits per heavy atom. The van der Waals surface area contributed by atoms with Crippen LogP contribution in [0.15, 0.2) is 59.8 Å². The van der Waals surface area contributed by atoms with Crippen LogP contribution < -0.4 is 9.47 Å². The zero-order chi connectivity index (χ0) is 23.2. The first-order valence-corrected chi connectivity index (χ1v) is 12.3. The predicted molar refractivity (Wildman–Crippen MR) is 129 cm³/mol. The van der Waals surface area contributed by atoms with Crippen molar-refractivity contribution in [1.82, 2.24) is 19.7 Å². The molecular formula is C25H30N4O3S. The second-order valence-electron chi connectivity index (χ2n) is 8.25. The van der Waals surface area contributed by atoms with Gasteiger partial charge in [0.05, 0.1) is 12.9 Å². The monoisotopic (exact) mass is 466 g/mol. The van der Waals surface area contributed by atoms with Crippen LogP contribution in [0.2, 0.25) is 0 Å². The number of likely N-dealkylation sites (tertiary alicyclic amines) is 1. The van der Waals surface area contributed by atoms with E-state index in [0.717, 1.165) is 30.0 Å². The Hall–Kier alpha value is -3.00. The van der Waals surface area contributed by atoms with Gasteiger partial charge in [-0.05, 0) is 69.5 Å². The first-order chi connectivity index (χ1) is 16.1. The Kier molecular flexibility index (Phi) is 7.54. The molecule has 2 heterocycles. The van der Waals surface area contributed by atoms with Gasteiger partial charge in [0, 0.05) is 17.8 Å². The Morgan fingerprint density at radius 3 is 2.33 bits per heavy atom. The number of carbonyl (C=O) groups is 1. The highest BCUT2D eigenvalue weighted by molar-refractivity contribution is 7.99. The fraction of sp³-hybridized carbons (Fsp3) is 0.400. The number of amides is 1. The number of benzene rings is 2. The molecule has 2 atom stereocenters.